The van der Waals surface area contributed by atoms with Gasteiger partial charge < -0.3 is 18.9 Å². The predicted octanol–water partition coefficient (Wildman–Crippen LogP) is 2.10. The number of rotatable bonds is 4. The first kappa shape index (κ1) is 18.4. The zero-order chi connectivity index (χ0) is 20.5. The Hall–Kier alpha value is -4.01. The van der Waals surface area contributed by atoms with Gasteiger partial charge in [-0.1, -0.05) is 0 Å². The lowest BCUT2D eigenvalue weighted by atomic mass is 10.1. The van der Waals surface area contributed by atoms with Gasteiger partial charge in [0.15, 0.2) is 11.5 Å². The van der Waals surface area contributed by atoms with Gasteiger partial charge in [-0.2, -0.15) is 0 Å². The summed E-state index contributed by atoms with van der Waals surface area (Å²) in [4.78, 5) is 38.6. The van der Waals surface area contributed by atoms with Crippen LogP contribution in [-0.2, 0) is 9.59 Å². The van der Waals surface area contributed by atoms with Gasteiger partial charge in [-0.25, -0.2) is 9.69 Å². The second-order valence-electron chi connectivity index (χ2n) is 6.10. The Balaban J connectivity index is 1.75. The number of carbonyl (C=O) groups is 3. The molecule has 0 unspecified atom stereocenters. The molecule has 9 heteroatoms. The number of anilines is 1. The van der Waals surface area contributed by atoms with Crippen LogP contribution in [0.2, 0.25) is 0 Å². The molecule has 2 aliphatic heterocycles. The van der Waals surface area contributed by atoms with Crippen molar-refractivity contribution in [3.63, 3.8) is 0 Å². The smallest absolute Gasteiger partial charge is 0.335 e. The molecule has 0 aromatic heterocycles. The van der Waals surface area contributed by atoms with E-state index in [4.69, 9.17) is 18.9 Å². The SMILES string of the molecule is COc1ccc(OC)c(/C=C2\C(=O)NC(=O)N(c3ccc4c(c3)OCO4)C2=O)c1. The topological polar surface area (TPSA) is 103 Å². The summed E-state index contributed by atoms with van der Waals surface area (Å²) in [5.41, 5.74) is 0.465. The van der Waals surface area contributed by atoms with Crippen molar-refractivity contribution >= 4 is 29.6 Å². The molecule has 0 atom stereocenters. The minimum absolute atomic E-state index is 0.0538. The average Bonchev–Trinajstić information content (AvgIpc) is 3.18. The van der Waals surface area contributed by atoms with Crippen molar-refractivity contribution in [2.24, 2.45) is 0 Å². The van der Waals surface area contributed by atoms with E-state index >= 15 is 0 Å². The summed E-state index contributed by atoms with van der Waals surface area (Å²) in [5.74, 6) is 0.284. The standard InChI is InChI=1S/C20H16N2O7/c1-26-13-4-6-15(27-2)11(7-13)8-14-18(23)21-20(25)22(19(14)24)12-3-5-16-17(9-12)29-10-28-16/h3-9H,10H2,1-2H3,(H,21,23,25)/b14-8+. The fourth-order valence-corrected chi connectivity index (χ4v) is 3.02. The van der Waals surface area contributed by atoms with E-state index in [9.17, 15) is 14.4 Å². The number of methoxy groups -OCH3 is 2. The van der Waals surface area contributed by atoms with Crippen LogP contribution in [0.5, 0.6) is 23.0 Å². The van der Waals surface area contributed by atoms with E-state index in [1.165, 1.54) is 32.4 Å². The maximum Gasteiger partial charge on any atom is 0.335 e. The fraction of sp³-hybridized carbons (Fsp3) is 0.150. The van der Waals surface area contributed by atoms with Gasteiger partial charge in [0.25, 0.3) is 11.8 Å². The third kappa shape index (κ3) is 3.22. The van der Waals surface area contributed by atoms with Crippen LogP contribution in [0.4, 0.5) is 10.5 Å². The number of fused-ring (bicyclic) bond motifs is 1. The molecule has 2 aliphatic rings. The van der Waals surface area contributed by atoms with E-state index in [-0.39, 0.29) is 18.1 Å². The van der Waals surface area contributed by atoms with Crippen LogP contribution in [0.3, 0.4) is 0 Å². The summed E-state index contributed by atoms with van der Waals surface area (Å²) in [5, 5.41) is 2.18. The predicted molar refractivity (Wildman–Crippen MR) is 101 cm³/mol. The highest BCUT2D eigenvalue weighted by molar-refractivity contribution is 6.39. The Morgan fingerprint density at radius 3 is 2.55 bits per heavy atom. The zero-order valence-electron chi connectivity index (χ0n) is 15.6. The summed E-state index contributed by atoms with van der Waals surface area (Å²) in [7, 11) is 2.96. The van der Waals surface area contributed by atoms with Gasteiger partial charge in [-0.3, -0.25) is 14.9 Å². The molecule has 0 saturated carbocycles. The largest absolute Gasteiger partial charge is 0.497 e. The van der Waals surface area contributed by atoms with E-state index in [0.29, 0.717) is 28.6 Å². The van der Waals surface area contributed by atoms with Gasteiger partial charge in [0.2, 0.25) is 6.79 Å². The molecule has 29 heavy (non-hydrogen) atoms. The van der Waals surface area contributed by atoms with Crippen molar-refractivity contribution in [3.05, 3.63) is 47.5 Å². The Morgan fingerprint density at radius 2 is 1.79 bits per heavy atom. The maximum atomic E-state index is 13.0. The van der Waals surface area contributed by atoms with E-state index < -0.39 is 17.8 Å². The van der Waals surface area contributed by atoms with Crippen molar-refractivity contribution in [2.75, 3.05) is 25.9 Å². The van der Waals surface area contributed by atoms with E-state index in [2.05, 4.69) is 5.32 Å². The van der Waals surface area contributed by atoms with Gasteiger partial charge in [0.1, 0.15) is 17.1 Å². The molecule has 2 aromatic carbocycles. The van der Waals surface area contributed by atoms with Crippen LogP contribution in [0.15, 0.2) is 42.0 Å². The van der Waals surface area contributed by atoms with Gasteiger partial charge >= 0.3 is 6.03 Å². The van der Waals surface area contributed by atoms with E-state index in [1.54, 1.807) is 24.3 Å². The Labute approximate surface area is 165 Å². The molecule has 0 aliphatic carbocycles. The van der Waals surface area contributed by atoms with Crippen LogP contribution in [0.1, 0.15) is 5.56 Å². The Morgan fingerprint density at radius 1 is 1.00 bits per heavy atom. The highest BCUT2D eigenvalue weighted by Crippen LogP contribution is 2.36. The summed E-state index contributed by atoms with van der Waals surface area (Å²) >= 11 is 0. The van der Waals surface area contributed by atoms with Crippen molar-refractivity contribution in [1.29, 1.82) is 0 Å². The van der Waals surface area contributed by atoms with Crippen LogP contribution in [0.25, 0.3) is 6.08 Å². The molecular formula is C20H16N2O7. The molecule has 9 nitrogen and oxygen atoms in total. The van der Waals surface area contributed by atoms with Gasteiger partial charge in [0, 0.05) is 11.6 Å². The number of nitrogens with one attached hydrogen (secondary N) is 1. The number of barbiturate groups is 1. The molecule has 1 saturated heterocycles. The minimum atomic E-state index is -0.853. The third-order valence-electron chi connectivity index (χ3n) is 4.45. The monoisotopic (exact) mass is 396 g/mol. The molecule has 0 spiro atoms. The van der Waals surface area contributed by atoms with E-state index in [1.807, 2.05) is 0 Å². The first-order valence-corrected chi connectivity index (χ1v) is 8.55. The number of amides is 4. The molecule has 0 radical (unpaired) electrons. The van der Waals surface area contributed by atoms with Crippen molar-refractivity contribution in [2.45, 2.75) is 0 Å². The van der Waals surface area contributed by atoms with Crippen LogP contribution in [-0.4, -0.2) is 38.9 Å². The first-order chi connectivity index (χ1) is 14.0. The Bertz CT molecular complexity index is 1060. The number of imide groups is 2. The average molecular weight is 396 g/mol. The lowest BCUT2D eigenvalue weighted by Gasteiger charge is -2.26. The molecule has 148 valence electrons. The van der Waals surface area contributed by atoms with Gasteiger partial charge in [0.05, 0.1) is 19.9 Å². The first-order valence-electron chi connectivity index (χ1n) is 8.55. The maximum absolute atomic E-state index is 13.0. The van der Waals surface area contributed by atoms with Crippen LogP contribution in [0, 0.1) is 0 Å². The molecule has 4 amide bonds. The number of benzene rings is 2. The molecule has 0 bridgehead atoms. The molecule has 1 fully saturated rings. The molecule has 2 heterocycles. The molecule has 2 aromatic rings. The third-order valence-corrected chi connectivity index (χ3v) is 4.45. The normalized spacial score (nSPS) is 16.8. The highest BCUT2D eigenvalue weighted by atomic mass is 16.7. The number of ether oxygens (including phenoxy) is 4. The van der Waals surface area contributed by atoms with Crippen molar-refractivity contribution in [1.82, 2.24) is 5.32 Å². The molecular weight excluding hydrogens is 380 g/mol. The van der Waals surface area contributed by atoms with Gasteiger partial charge in [-0.05, 0) is 36.4 Å². The summed E-state index contributed by atoms with van der Waals surface area (Å²) < 4.78 is 21.0. The summed E-state index contributed by atoms with van der Waals surface area (Å²) in [6.45, 7) is 0.0538. The van der Waals surface area contributed by atoms with Crippen molar-refractivity contribution in [3.8, 4) is 23.0 Å². The Kier molecular flexibility index (Phi) is 4.55. The van der Waals surface area contributed by atoms with E-state index in [0.717, 1.165) is 4.90 Å². The second-order valence-corrected chi connectivity index (χ2v) is 6.10. The van der Waals surface area contributed by atoms with Crippen molar-refractivity contribution < 1.29 is 33.3 Å². The summed E-state index contributed by atoms with van der Waals surface area (Å²) in [6, 6.07) is 8.72. The highest BCUT2D eigenvalue weighted by Gasteiger charge is 2.37. The fourth-order valence-electron chi connectivity index (χ4n) is 3.02. The van der Waals surface area contributed by atoms with Crippen LogP contribution < -0.4 is 29.2 Å². The lowest BCUT2D eigenvalue weighted by molar-refractivity contribution is -0.122. The zero-order valence-corrected chi connectivity index (χ0v) is 15.6. The van der Waals surface area contributed by atoms with Gasteiger partial charge in [-0.15, -0.1) is 0 Å². The number of nitrogens with zero attached hydrogens (tertiary/aromatic N) is 1. The minimum Gasteiger partial charge on any atom is -0.497 e. The number of carbonyl (C=O) groups excluding carboxylic acids is 3. The second kappa shape index (κ2) is 7.19. The molecule has 4 rings (SSSR count). The summed E-state index contributed by atoms with van der Waals surface area (Å²) in [6.07, 6.45) is 1.35. The molecule has 1 N–H and O–H groups in total. The quantitative estimate of drug-likeness (QED) is 0.623. The van der Waals surface area contributed by atoms with Crippen LogP contribution >= 0.6 is 0 Å². The number of hydrogen-bond donors (Lipinski definition) is 1. The number of urea groups is 1. The number of hydrogen-bond acceptors (Lipinski definition) is 7. The lowest BCUT2D eigenvalue weighted by Crippen LogP contribution is -2.54.